The standard InChI is InChI=1S/C21H20N2O2/c24-21(23-14-19-8-4-10-25-19)17-7-3-6-15(11-17)18-12-16-5-1-2-9-20(16)22-13-18/h1-3,5-7,9,11-13,19H,4,8,10,14H2,(H,23,24). The van der Waals surface area contributed by atoms with Crippen molar-refractivity contribution in [2.45, 2.75) is 18.9 Å². The predicted molar refractivity (Wildman–Crippen MR) is 98.5 cm³/mol. The van der Waals surface area contributed by atoms with Crippen molar-refractivity contribution in [3.8, 4) is 11.1 Å². The Labute approximate surface area is 146 Å². The van der Waals surface area contributed by atoms with Crippen LogP contribution >= 0.6 is 0 Å². The van der Waals surface area contributed by atoms with Crippen LogP contribution in [0.15, 0.2) is 60.8 Å². The summed E-state index contributed by atoms with van der Waals surface area (Å²) in [6.45, 7) is 1.37. The van der Waals surface area contributed by atoms with Gasteiger partial charge in [0.25, 0.3) is 5.91 Å². The van der Waals surface area contributed by atoms with Gasteiger partial charge in [0.15, 0.2) is 0 Å². The first-order valence-corrected chi connectivity index (χ1v) is 8.65. The Bertz CT molecular complexity index is 901. The molecule has 1 atom stereocenters. The number of carbonyl (C=O) groups is 1. The van der Waals surface area contributed by atoms with Gasteiger partial charge in [0, 0.05) is 35.9 Å². The van der Waals surface area contributed by atoms with Gasteiger partial charge in [-0.3, -0.25) is 9.78 Å². The number of nitrogens with one attached hydrogen (secondary N) is 1. The van der Waals surface area contributed by atoms with Crippen LogP contribution in [0.3, 0.4) is 0 Å². The van der Waals surface area contributed by atoms with Crippen molar-refractivity contribution in [2.24, 2.45) is 0 Å². The Morgan fingerprint density at radius 2 is 2.04 bits per heavy atom. The molecule has 1 fully saturated rings. The molecule has 1 aliphatic rings. The number of hydrogen-bond donors (Lipinski definition) is 1. The third kappa shape index (κ3) is 3.54. The number of aromatic nitrogens is 1. The van der Waals surface area contributed by atoms with E-state index < -0.39 is 0 Å². The molecule has 1 unspecified atom stereocenters. The van der Waals surface area contributed by atoms with E-state index in [4.69, 9.17) is 4.74 Å². The highest BCUT2D eigenvalue weighted by Crippen LogP contribution is 2.23. The topological polar surface area (TPSA) is 51.2 Å². The minimum absolute atomic E-state index is 0.0638. The molecule has 25 heavy (non-hydrogen) atoms. The van der Waals surface area contributed by atoms with E-state index >= 15 is 0 Å². The molecule has 4 heteroatoms. The maximum atomic E-state index is 12.4. The molecule has 1 saturated heterocycles. The van der Waals surface area contributed by atoms with Gasteiger partial charge in [-0.15, -0.1) is 0 Å². The minimum Gasteiger partial charge on any atom is -0.376 e. The molecule has 2 aromatic carbocycles. The molecule has 0 spiro atoms. The number of ether oxygens (including phenoxy) is 1. The zero-order valence-corrected chi connectivity index (χ0v) is 13.9. The molecule has 0 aliphatic carbocycles. The van der Waals surface area contributed by atoms with Crippen molar-refractivity contribution in [1.82, 2.24) is 10.3 Å². The average Bonchev–Trinajstić information content (AvgIpc) is 3.19. The Morgan fingerprint density at radius 1 is 1.12 bits per heavy atom. The molecule has 4 nitrogen and oxygen atoms in total. The second-order valence-electron chi connectivity index (χ2n) is 6.34. The number of rotatable bonds is 4. The first kappa shape index (κ1) is 15.8. The highest BCUT2D eigenvalue weighted by atomic mass is 16.5. The SMILES string of the molecule is O=C(NCC1CCCO1)c1cccc(-c2cnc3ccccc3c2)c1. The fourth-order valence-electron chi connectivity index (χ4n) is 3.18. The molecule has 126 valence electrons. The predicted octanol–water partition coefficient (Wildman–Crippen LogP) is 3.81. The molecule has 1 aromatic heterocycles. The number of carbonyl (C=O) groups excluding carboxylic acids is 1. The summed E-state index contributed by atoms with van der Waals surface area (Å²) < 4.78 is 5.55. The molecule has 0 radical (unpaired) electrons. The second kappa shape index (κ2) is 7.03. The van der Waals surface area contributed by atoms with Crippen molar-refractivity contribution in [1.29, 1.82) is 0 Å². The number of para-hydroxylation sites is 1. The molecule has 4 rings (SSSR count). The lowest BCUT2D eigenvalue weighted by molar-refractivity contribution is 0.0858. The van der Waals surface area contributed by atoms with E-state index in [0.29, 0.717) is 12.1 Å². The molecule has 2 heterocycles. The van der Waals surface area contributed by atoms with E-state index in [-0.39, 0.29) is 12.0 Å². The maximum absolute atomic E-state index is 12.4. The van der Waals surface area contributed by atoms with Gasteiger partial charge >= 0.3 is 0 Å². The number of fused-ring (bicyclic) bond motifs is 1. The monoisotopic (exact) mass is 332 g/mol. The van der Waals surface area contributed by atoms with Crippen LogP contribution in [0.4, 0.5) is 0 Å². The van der Waals surface area contributed by atoms with E-state index in [1.165, 1.54) is 0 Å². The van der Waals surface area contributed by atoms with Gasteiger partial charge in [-0.1, -0.05) is 30.3 Å². The number of benzene rings is 2. The molecule has 1 amide bonds. The van der Waals surface area contributed by atoms with Gasteiger partial charge in [0.2, 0.25) is 0 Å². The van der Waals surface area contributed by atoms with Crippen molar-refractivity contribution in [3.05, 3.63) is 66.4 Å². The molecular formula is C21H20N2O2. The van der Waals surface area contributed by atoms with Crippen LogP contribution in [0, 0.1) is 0 Å². The van der Waals surface area contributed by atoms with Crippen molar-refractivity contribution in [3.63, 3.8) is 0 Å². The molecule has 3 aromatic rings. The quantitative estimate of drug-likeness (QED) is 0.790. The van der Waals surface area contributed by atoms with Crippen molar-refractivity contribution >= 4 is 16.8 Å². The van der Waals surface area contributed by atoms with Crippen molar-refractivity contribution < 1.29 is 9.53 Å². The van der Waals surface area contributed by atoms with Crippen molar-refractivity contribution in [2.75, 3.05) is 13.2 Å². The van der Waals surface area contributed by atoms with Crippen LogP contribution in [-0.4, -0.2) is 30.1 Å². The zero-order valence-electron chi connectivity index (χ0n) is 13.9. The number of hydrogen-bond acceptors (Lipinski definition) is 3. The Balaban J connectivity index is 1.54. The maximum Gasteiger partial charge on any atom is 0.251 e. The van der Waals surface area contributed by atoms with Crippen LogP contribution in [0.25, 0.3) is 22.0 Å². The fourth-order valence-corrected chi connectivity index (χ4v) is 3.18. The largest absolute Gasteiger partial charge is 0.376 e. The van der Waals surface area contributed by atoms with E-state index in [9.17, 15) is 4.79 Å². The fraction of sp³-hybridized carbons (Fsp3) is 0.238. The lowest BCUT2D eigenvalue weighted by Gasteiger charge is -2.11. The summed E-state index contributed by atoms with van der Waals surface area (Å²) in [6.07, 6.45) is 4.09. The lowest BCUT2D eigenvalue weighted by Crippen LogP contribution is -2.31. The third-order valence-corrected chi connectivity index (χ3v) is 4.56. The van der Waals surface area contributed by atoms with E-state index in [0.717, 1.165) is 41.5 Å². The average molecular weight is 332 g/mol. The number of pyridine rings is 1. The summed E-state index contributed by atoms with van der Waals surface area (Å²) >= 11 is 0. The Morgan fingerprint density at radius 3 is 2.92 bits per heavy atom. The van der Waals surface area contributed by atoms with Crippen LogP contribution in [0.1, 0.15) is 23.2 Å². The smallest absolute Gasteiger partial charge is 0.251 e. The highest BCUT2D eigenvalue weighted by molar-refractivity contribution is 5.95. The minimum atomic E-state index is -0.0638. The Hall–Kier alpha value is -2.72. The summed E-state index contributed by atoms with van der Waals surface area (Å²) in [5.41, 5.74) is 3.62. The highest BCUT2D eigenvalue weighted by Gasteiger charge is 2.16. The second-order valence-corrected chi connectivity index (χ2v) is 6.34. The summed E-state index contributed by atoms with van der Waals surface area (Å²) in [7, 11) is 0. The Kier molecular flexibility index (Phi) is 4.44. The first-order chi connectivity index (χ1) is 12.3. The van der Waals surface area contributed by atoms with E-state index in [2.05, 4.69) is 16.4 Å². The lowest BCUT2D eigenvalue weighted by atomic mass is 10.0. The van der Waals surface area contributed by atoms with Gasteiger partial charge in [-0.05, 0) is 42.7 Å². The normalized spacial score (nSPS) is 16.9. The van der Waals surface area contributed by atoms with Gasteiger partial charge in [0.1, 0.15) is 0 Å². The molecule has 0 saturated carbocycles. The molecule has 1 N–H and O–H groups in total. The number of amides is 1. The summed E-state index contributed by atoms with van der Waals surface area (Å²) in [5, 5.41) is 4.06. The molecule has 1 aliphatic heterocycles. The third-order valence-electron chi connectivity index (χ3n) is 4.56. The van der Waals surface area contributed by atoms with Gasteiger partial charge in [-0.2, -0.15) is 0 Å². The number of nitrogens with zero attached hydrogens (tertiary/aromatic N) is 1. The van der Waals surface area contributed by atoms with Gasteiger partial charge in [0.05, 0.1) is 11.6 Å². The van der Waals surface area contributed by atoms with E-state index in [1.807, 2.05) is 54.7 Å². The van der Waals surface area contributed by atoms with E-state index in [1.54, 1.807) is 0 Å². The van der Waals surface area contributed by atoms with Crippen LogP contribution in [0.5, 0.6) is 0 Å². The van der Waals surface area contributed by atoms with Crippen LogP contribution < -0.4 is 5.32 Å². The zero-order chi connectivity index (χ0) is 17.1. The van der Waals surface area contributed by atoms with Gasteiger partial charge < -0.3 is 10.1 Å². The molecular weight excluding hydrogens is 312 g/mol. The summed E-state index contributed by atoms with van der Waals surface area (Å²) in [6, 6.07) is 17.8. The first-order valence-electron chi connectivity index (χ1n) is 8.65. The summed E-state index contributed by atoms with van der Waals surface area (Å²) in [5.74, 6) is -0.0638. The van der Waals surface area contributed by atoms with Gasteiger partial charge in [-0.25, -0.2) is 0 Å². The van der Waals surface area contributed by atoms with Crippen LogP contribution in [-0.2, 0) is 4.74 Å². The van der Waals surface area contributed by atoms with Crippen LogP contribution in [0.2, 0.25) is 0 Å². The molecule has 0 bridgehead atoms. The summed E-state index contributed by atoms with van der Waals surface area (Å²) in [4.78, 5) is 16.9.